The normalized spacial score (nSPS) is 15.0. The van der Waals surface area contributed by atoms with Crippen LogP contribution in [-0.2, 0) is 9.09 Å². The van der Waals surface area contributed by atoms with E-state index in [1.807, 2.05) is 11.5 Å². The summed E-state index contributed by atoms with van der Waals surface area (Å²) in [6.07, 6.45) is 2.12. The molecular formula is C18H23IN5O3P. The van der Waals surface area contributed by atoms with Crippen LogP contribution in [0.25, 0.3) is 11.2 Å². The lowest BCUT2D eigenvalue weighted by atomic mass is 10.3. The largest absolute Gasteiger partial charge is 0.359 e. The molecule has 0 aliphatic carbocycles. The molecule has 0 fully saturated rings. The van der Waals surface area contributed by atoms with Crippen molar-refractivity contribution in [1.29, 1.82) is 0 Å². The second-order valence-electron chi connectivity index (χ2n) is 6.78. The van der Waals surface area contributed by atoms with E-state index in [-0.39, 0.29) is 17.5 Å². The fraction of sp³-hybridized carbons (Fsp3) is 0.389. The summed E-state index contributed by atoms with van der Waals surface area (Å²) in [7, 11) is -3.84. The number of anilines is 2. The molecule has 10 heteroatoms. The van der Waals surface area contributed by atoms with Gasteiger partial charge in [-0.1, -0.05) is 6.92 Å². The first-order chi connectivity index (χ1) is 13.2. The van der Waals surface area contributed by atoms with Crippen LogP contribution in [0.4, 0.5) is 11.5 Å². The Morgan fingerprint density at radius 3 is 2.54 bits per heavy atom. The highest BCUT2D eigenvalue weighted by Gasteiger charge is 2.25. The Bertz CT molecular complexity index is 1020. The molecule has 0 amide bonds. The number of nitrogens with zero attached hydrogens (tertiary/aromatic N) is 4. The summed E-state index contributed by atoms with van der Waals surface area (Å²) in [5.41, 5.74) is 2.16. The number of imidazole rings is 1. The molecule has 0 radical (unpaired) electrons. The summed E-state index contributed by atoms with van der Waals surface area (Å²) < 4.78 is 20.3. The van der Waals surface area contributed by atoms with E-state index < -0.39 is 7.60 Å². The van der Waals surface area contributed by atoms with Crippen molar-refractivity contribution in [2.75, 3.05) is 5.32 Å². The lowest BCUT2D eigenvalue weighted by Gasteiger charge is -2.17. The molecule has 2 heterocycles. The first-order valence-electron chi connectivity index (χ1n) is 9.00. The topological polar surface area (TPSA) is 102 Å². The standard InChI is InChI=1S/C18H23IN5O3P/c1-5-12(4)27-28(25,26)14-8-6-13(7-9-14)21-16-15-17(23-18(19)22-16)24(10-20-15)11(2)3/h6-12H,5H2,1-4H3,(H,25,26)(H,21,22,23). The van der Waals surface area contributed by atoms with Crippen molar-refractivity contribution in [1.82, 2.24) is 19.5 Å². The number of nitrogens with one attached hydrogen (secondary N) is 1. The SMILES string of the molecule is CCC(C)OP(=O)(O)c1ccc(Nc2nc(I)nc3c2ncn3C(C)C)cc1. The maximum atomic E-state index is 12.4. The summed E-state index contributed by atoms with van der Waals surface area (Å²) >= 11 is 2.07. The maximum absolute atomic E-state index is 12.4. The number of hydrogen-bond acceptors (Lipinski definition) is 6. The molecule has 150 valence electrons. The van der Waals surface area contributed by atoms with Crippen LogP contribution >= 0.6 is 30.2 Å². The molecular weight excluding hydrogens is 492 g/mol. The number of fused-ring (bicyclic) bond motifs is 1. The van der Waals surface area contributed by atoms with Gasteiger partial charge in [-0.3, -0.25) is 4.57 Å². The Hall–Kier alpha value is -1.55. The monoisotopic (exact) mass is 515 g/mol. The van der Waals surface area contributed by atoms with Gasteiger partial charge in [-0.25, -0.2) is 15.0 Å². The predicted molar refractivity (Wildman–Crippen MR) is 118 cm³/mol. The number of rotatable bonds is 7. The lowest BCUT2D eigenvalue weighted by molar-refractivity contribution is 0.192. The van der Waals surface area contributed by atoms with E-state index in [2.05, 4.69) is 56.7 Å². The highest BCUT2D eigenvalue weighted by Crippen LogP contribution is 2.42. The molecule has 2 unspecified atom stereocenters. The van der Waals surface area contributed by atoms with Crippen molar-refractivity contribution < 1.29 is 14.0 Å². The molecule has 1 aromatic carbocycles. The Kier molecular flexibility index (Phi) is 6.38. The summed E-state index contributed by atoms with van der Waals surface area (Å²) in [4.78, 5) is 23.6. The summed E-state index contributed by atoms with van der Waals surface area (Å²) in [6, 6.07) is 6.84. The number of hydrogen-bond donors (Lipinski definition) is 2. The average molecular weight is 515 g/mol. The Labute approximate surface area is 177 Å². The molecule has 2 atom stereocenters. The molecule has 3 rings (SSSR count). The molecule has 2 aromatic heterocycles. The third-order valence-corrected chi connectivity index (χ3v) is 6.38. The van der Waals surface area contributed by atoms with Crippen LogP contribution in [0.2, 0.25) is 0 Å². The highest BCUT2D eigenvalue weighted by molar-refractivity contribution is 14.1. The minimum absolute atomic E-state index is 0.229. The van der Waals surface area contributed by atoms with Gasteiger partial charge in [-0.05, 0) is 51.5 Å². The zero-order valence-corrected chi connectivity index (χ0v) is 19.2. The van der Waals surface area contributed by atoms with E-state index >= 15 is 0 Å². The minimum atomic E-state index is -3.84. The van der Waals surface area contributed by atoms with Gasteiger partial charge in [0.25, 0.3) is 0 Å². The molecule has 0 spiro atoms. The summed E-state index contributed by atoms with van der Waals surface area (Å²) in [5.74, 6) is 0.588. The minimum Gasteiger partial charge on any atom is -0.338 e. The molecule has 0 saturated carbocycles. The fourth-order valence-electron chi connectivity index (χ4n) is 2.60. The molecule has 2 N–H and O–H groups in total. The zero-order valence-electron chi connectivity index (χ0n) is 16.1. The van der Waals surface area contributed by atoms with Crippen molar-refractivity contribution in [3.8, 4) is 0 Å². The number of aromatic nitrogens is 4. The molecule has 0 bridgehead atoms. The van der Waals surface area contributed by atoms with Gasteiger partial charge < -0.3 is 19.3 Å². The molecule has 0 aliphatic rings. The molecule has 8 nitrogen and oxygen atoms in total. The quantitative estimate of drug-likeness (QED) is 0.274. The van der Waals surface area contributed by atoms with E-state index in [0.717, 1.165) is 11.3 Å². The Morgan fingerprint density at radius 1 is 1.25 bits per heavy atom. The van der Waals surface area contributed by atoms with Gasteiger partial charge in [0.1, 0.15) is 0 Å². The van der Waals surface area contributed by atoms with Crippen molar-refractivity contribution in [3.05, 3.63) is 34.4 Å². The molecule has 0 aliphatic heterocycles. The van der Waals surface area contributed by atoms with Gasteiger partial charge in [0, 0.05) is 34.3 Å². The lowest BCUT2D eigenvalue weighted by Crippen LogP contribution is -2.12. The second-order valence-corrected chi connectivity index (χ2v) is 9.51. The van der Waals surface area contributed by atoms with Crippen molar-refractivity contribution >= 4 is 58.2 Å². The van der Waals surface area contributed by atoms with Gasteiger partial charge in [0.05, 0.1) is 17.7 Å². The van der Waals surface area contributed by atoms with Gasteiger partial charge >= 0.3 is 7.60 Å². The average Bonchev–Trinajstić information content (AvgIpc) is 3.06. The first-order valence-corrected chi connectivity index (χ1v) is 11.7. The smallest absolute Gasteiger partial charge is 0.338 e. The van der Waals surface area contributed by atoms with Crippen LogP contribution in [0, 0.1) is 3.83 Å². The molecule has 3 aromatic rings. The molecule has 0 saturated heterocycles. The van der Waals surface area contributed by atoms with Gasteiger partial charge in [-0.15, -0.1) is 0 Å². The first kappa shape index (κ1) is 21.2. The van der Waals surface area contributed by atoms with Gasteiger partial charge in [0.2, 0.25) is 0 Å². The van der Waals surface area contributed by atoms with E-state index in [1.54, 1.807) is 37.5 Å². The van der Waals surface area contributed by atoms with Crippen LogP contribution < -0.4 is 10.6 Å². The molecule has 28 heavy (non-hydrogen) atoms. The van der Waals surface area contributed by atoms with Crippen molar-refractivity contribution in [2.24, 2.45) is 0 Å². The summed E-state index contributed by atoms with van der Waals surface area (Å²) in [6.45, 7) is 7.81. The van der Waals surface area contributed by atoms with Crippen molar-refractivity contribution in [3.63, 3.8) is 0 Å². The van der Waals surface area contributed by atoms with Gasteiger partial charge in [-0.2, -0.15) is 0 Å². The van der Waals surface area contributed by atoms with Crippen LogP contribution in [0.5, 0.6) is 0 Å². The number of benzene rings is 1. The van der Waals surface area contributed by atoms with Crippen LogP contribution in [-0.4, -0.2) is 30.5 Å². The number of halogens is 1. The second kappa shape index (κ2) is 8.44. The van der Waals surface area contributed by atoms with Gasteiger partial charge in [0.15, 0.2) is 20.8 Å². The highest BCUT2D eigenvalue weighted by atomic mass is 127. The third kappa shape index (κ3) is 4.53. The van der Waals surface area contributed by atoms with E-state index in [9.17, 15) is 9.46 Å². The Balaban J connectivity index is 1.88. The maximum Gasteiger partial charge on any atom is 0.359 e. The van der Waals surface area contributed by atoms with E-state index in [4.69, 9.17) is 4.52 Å². The predicted octanol–water partition coefficient (Wildman–Crippen LogP) is 4.38. The third-order valence-electron chi connectivity index (χ3n) is 4.30. The van der Waals surface area contributed by atoms with E-state index in [1.165, 1.54) is 0 Å². The Morgan fingerprint density at radius 2 is 1.93 bits per heavy atom. The fourth-order valence-corrected chi connectivity index (χ4v) is 4.36. The van der Waals surface area contributed by atoms with E-state index in [0.29, 0.717) is 21.6 Å². The van der Waals surface area contributed by atoms with Crippen molar-refractivity contribution in [2.45, 2.75) is 46.3 Å². The zero-order chi connectivity index (χ0) is 20.5. The van der Waals surface area contributed by atoms with Crippen LogP contribution in [0.15, 0.2) is 30.6 Å². The van der Waals surface area contributed by atoms with Crippen LogP contribution in [0.3, 0.4) is 0 Å². The van der Waals surface area contributed by atoms with Crippen LogP contribution in [0.1, 0.15) is 40.2 Å². The summed E-state index contributed by atoms with van der Waals surface area (Å²) in [5, 5.41) is 3.48.